The Morgan fingerprint density at radius 3 is 2.65 bits per heavy atom. The predicted octanol–water partition coefficient (Wildman–Crippen LogP) is 3.26. The van der Waals surface area contributed by atoms with Crippen molar-refractivity contribution in [1.29, 1.82) is 0 Å². The maximum Gasteiger partial charge on any atom is 0.433 e. The number of hydrogen-bond donors (Lipinski definition) is 2. The zero-order valence-corrected chi connectivity index (χ0v) is 14.0. The average molecular weight is 369 g/mol. The number of alkyl halides is 3. The summed E-state index contributed by atoms with van der Waals surface area (Å²) in [5, 5.41) is 15.2. The van der Waals surface area contributed by atoms with Crippen LogP contribution in [-0.4, -0.2) is 32.8 Å². The molecule has 9 heteroatoms. The van der Waals surface area contributed by atoms with E-state index in [1.54, 1.807) is 0 Å². The second-order valence-corrected chi connectivity index (χ2v) is 5.68. The van der Waals surface area contributed by atoms with Gasteiger partial charge in [0.25, 0.3) is 5.91 Å². The van der Waals surface area contributed by atoms with Gasteiger partial charge in [0, 0.05) is 5.56 Å². The van der Waals surface area contributed by atoms with E-state index in [1.165, 1.54) is 24.3 Å². The van der Waals surface area contributed by atoms with Gasteiger partial charge in [0.1, 0.15) is 11.7 Å². The summed E-state index contributed by atoms with van der Waals surface area (Å²) in [5.41, 5.74) is -0.870. The van der Waals surface area contributed by atoms with E-state index in [2.05, 4.69) is 10.4 Å². The highest BCUT2D eigenvalue weighted by Gasteiger charge is 2.35. The van der Waals surface area contributed by atoms with E-state index in [4.69, 9.17) is 0 Å². The minimum Gasteiger partial charge on any atom is -0.480 e. The van der Waals surface area contributed by atoms with Crippen LogP contribution in [-0.2, 0) is 11.0 Å². The molecule has 0 radical (unpaired) electrons. The second kappa shape index (κ2) is 8.03. The summed E-state index contributed by atoms with van der Waals surface area (Å²) >= 11 is 0. The number of carboxylic acid groups (broad SMARTS) is 1. The number of carboxylic acids is 1. The summed E-state index contributed by atoms with van der Waals surface area (Å²) in [7, 11) is 0. The van der Waals surface area contributed by atoms with Crippen LogP contribution in [0.3, 0.4) is 0 Å². The normalized spacial score (nSPS) is 12.6. The van der Waals surface area contributed by atoms with Crippen molar-refractivity contribution in [2.45, 2.75) is 38.4 Å². The molecule has 140 valence electrons. The first-order valence-electron chi connectivity index (χ1n) is 7.99. The highest BCUT2D eigenvalue weighted by molar-refractivity contribution is 5.97. The lowest BCUT2D eigenvalue weighted by molar-refractivity contribution is -0.143. The molecule has 0 bridgehead atoms. The first-order valence-corrected chi connectivity index (χ1v) is 7.99. The molecule has 0 spiro atoms. The van der Waals surface area contributed by atoms with Gasteiger partial charge in [-0.3, -0.25) is 4.79 Å². The number of rotatable bonds is 7. The number of benzene rings is 1. The van der Waals surface area contributed by atoms with Gasteiger partial charge >= 0.3 is 12.1 Å². The molecular weight excluding hydrogens is 351 g/mol. The molecule has 1 atom stereocenters. The van der Waals surface area contributed by atoms with E-state index in [-0.39, 0.29) is 17.7 Å². The Morgan fingerprint density at radius 1 is 1.31 bits per heavy atom. The lowest BCUT2D eigenvalue weighted by Crippen LogP contribution is -2.40. The van der Waals surface area contributed by atoms with Gasteiger partial charge in [-0.1, -0.05) is 25.8 Å². The van der Waals surface area contributed by atoms with Crippen molar-refractivity contribution >= 4 is 11.9 Å². The van der Waals surface area contributed by atoms with Crippen molar-refractivity contribution in [3.05, 3.63) is 47.8 Å². The zero-order valence-electron chi connectivity index (χ0n) is 14.0. The Kier molecular flexibility index (Phi) is 6.01. The zero-order chi connectivity index (χ0) is 19.3. The molecule has 2 aromatic rings. The molecule has 6 nitrogen and oxygen atoms in total. The molecule has 1 aromatic heterocycles. The summed E-state index contributed by atoms with van der Waals surface area (Å²) in [6.45, 7) is 1.90. The molecule has 1 unspecified atom stereocenters. The van der Waals surface area contributed by atoms with Crippen molar-refractivity contribution in [1.82, 2.24) is 15.1 Å². The van der Waals surface area contributed by atoms with Crippen LogP contribution in [0, 0.1) is 0 Å². The van der Waals surface area contributed by atoms with Gasteiger partial charge in [-0.2, -0.15) is 18.3 Å². The molecule has 2 N–H and O–H groups in total. The second-order valence-electron chi connectivity index (χ2n) is 5.68. The molecule has 0 aliphatic heterocycles. The fourth-order valence-electron chi connectivity index (χ4n) is 2.41. The third-order valence-corrected chi connectivity index (χ3v) is 3.74. The smallest absolute Gasteiger partial charge is 0.433 e. The van der Waals surface area contributed by atoms with Crippen LogP contribution in [0.5, 0.6) is 0 Å². The van der Waals surface area contributed by atoms with Gasteiger partial charge in [0.15, 0.2) is 0 Å². The Labute approximate surface area is 147 Å². The van der Waals surface area contributed by atoms with E-state index in [0.29, 0.717) is 11.1 Å². The molecular formula is C17H18F3N3O3. The van der Waals surface area contributed by atoms with E-state index in [1.807, 2.05) is 6.92 Å². The molecule has 26 heavy (non-hydrogen) atoms. The quantitative estimate of drug-likeness (QED) is 0.785. The number of unbranched alkanes of at least 4 members (excludes halogenated alkanes) is 1. The van der Waals surface area contributed by atoms with Gasteiger partial charge in [-0.05, 0) is 30.7 Å². The SMILES string of the molecule is CCCCC(NC(=O)c1cccc(-n2nccc2C(F)(F)F)c1)C(=O)O. The molecule has 0 aliphatic rings. The summed E-state index contributed by atoms with van der Waals surface area (Å²) in [5.74, 6) is -1.83. The Balaban J connectivity index is 2.25. The predicted molar refractivity (Wildman–Crippen MR) is 87.0 cm³/mol. The van der Waals surface area contributed by atoms with Gasteiger partial charge in [0.05, 0.1) is 11.9 Å². The molecule has 0 saturated heterocycles. The summed E-state index contributed by atoms with van der Waals surface area (Å²) in [6.07, 6.45) is -1.91. The number of carbonyl (C=O) groups excluding carboxylic acids is 1. The average Bonchev–Trinajstić information content (AvgIpc) is 3.08. The van der Waals surface area contributed by atoms with Crippen molar-refractivity contribution in [2.24, 2.45) is 0 Å². The lowest BCUT2D eigenvalue weighted by atomic mass is 10.1. The molecule has 2 rings (SSSR count). The van der Waals surface area contributed by atoms with Crippen LogP contribution in [0.1, 0.15) is 42.2 Å². The van der Waals surface area contributed by atoms with Crippen LogP contribution in [0.4, 0.5) is 13.2 Å². The summed E-state index contributed by atoms with van der Waals surface area (Å²) < 4.78 is 39.7. The van der Waals surface area contributed by atoms with E-state index in [9.17, 15) is 27.9 Å². The maximum atomic E-state index is 13.0. The van der Waals surface area contributed by atoms with Gasteiger partial charge in [-0.15, -0.1) is 0 Å². The minimum atomic E-state index is -4.59. The lowest BCUT2D eigenvalue weighted by Gasteiger charge is -2.15. The van der Waals surface area contributed by atoms with Crippen LogP contribution in [0.2, 0.25) is 0 Å². The number of carbonyl (C=O) groups is 2. The number of aromatic nitrogens is 2. The van der Waals surface area contributed by atoms with Crippen molar-refractivity contribution < 1.29 is 27.9 Å². The maximum absolute atomic E-state index is 13.0. The fraction of sp³-hybridized carbons (Fsp3) is 0.353. The number of aliphatic carboxylic acids is 1. The minimum absolute atomic E-state index is 0.0499. The van der Waals surface area contributed by atoms with Crippen LogP contribution in [0.15, 0.2) is 36.5 Å². The number of nitrogens with zero attached hydrogens (tertiary/aromatic N) is 2. The van der Waals surface area contributed by atoms with Gasteiger partial charge < -0.3 is 10.4 Å². The highest BCUT2D eigenvalue weighted by atomic mass is 19.4. The molecule has 1 heterocycles. The first-order chi connectivity index (χ1) is 12.2. The topological polar surface area (TPSA) is 84.2 Å². The van der Waals surface area contributed by atoms with Crippen LogP contribution < -0.4 is 5.32 Å². The Hall–Kier alpha value is -2.84. The molecule has 1 amide bonds. The van der Waals surface area contributed by atoms with Crippen LogP contribution in [0.25, 0.3) is 5.69 Å². The Bertz CT molecular complexity index is 787. The molecule has 0 saturated carbocycles. The monoisotopic (exact) mass is 369 g/mol. The summed E-state index contributed by atoms with van der Waals surface area (Å²) in [4.78, 5) is 23.5. The summed E-state index contributed by atoms with van der Waals surface area (Å²) in [6, 6.07) is 5.20. The molecule has 0 aliphatic carbocycles. The van der Waals surface area contributed by atoms with Gasteiger partial charge in [0.2, 0.25) is 0 Å². The standard InChI is InChI=1S/C17H18F3N3O3/c1-2-3-7-13(16(25)26)22-15(24)11-5-4-6-12(10-11)23-14(8-9-21-23)17(18,19)20/h4-6,8-10,13H,2-3,7H2,1H3,(H,22,24)(H,25,26). The number of amides is 1. The van der Waals surface area contributed by atoms with Crippen molar-refractivity contribution in [3.63, 3.8) is 0 Å². The highest BCUT2D eigenvalue weighted by Crippen LogP contribution is 2.30. The van der Waals surface area contributed by atoms with Crippen LogP contribution >= 0.6 is 0 Å². The third kappa shape index (κ3) is 4.62. The van der Waals surface area contributed by atoms with Gasteiger partial charge in [-0.25, -0.2) is 9.48 Å². The third-order valence-electron chi connectivity index (χ3n) is 3.74. The first kappa shape index (κ1) is 19.5. The van der Waals surface area contributed by atoms with Crippen molar-refractivity contribution in [3.8, 4) is 5.69 Å². The largest absolute Gasteiger partial charge is 0.480 e. The molecule has 0 fully saturated rings. The van der Waals surface area contributed by atoms with E-state index in [0.717, 1.165) is 18.7 Å². The fourth-order valence-corrected chi connectivity index (χ4v) is 2.41. The van der Waals surface area contributed by atoms with Crippen molar-refractivity contribution in [2.75, 3.05) is 0 Å². The number of nitrogens with one attached hydrogen (secondary N) is 1. The molecule has 1 aromatic carbocycles. The van der Waals surface area contributed by atoms with E-state index >= 15 is 0 Å². The number of hydrogen-bond acceptors (Lipinski definition) is 3. The number of halogens is 3. The Morgan fingerprint density at radius 2 is 2.04 bits per heavy atom. The van der Waals surface area contributed by atoms with E-state index < -0.39 is 29.8 Å².